The largest absolute Gasteiger partial charge is 0.361 e. The number of aryl methyl sites for hydroxylation is 2. The molecule has 0 saturated carbocycles. The molecule has 0 aliphatic heterocycles. The average molecular weight is 348 g/mol. The fourth-order valence-electron chi connectivity index (χ4n) is 2.36. The van der Waals surface area contributed by atoms with Crippen molar-refractivity contribution in [1.82, 2.24) is 15.8 Å². The monoisotopic (exact) mass is 348 g/mol. The molecule has 1 atom stereocenters. The maximum atomic E-state index is 13.0. The van der Waals surface area contributed by atoms with Crippen LogP contribution >= 0.6 is 0 Å². The number of anilines is 1. The first-order chi connectivity index (χ1) is 11.8. The van der Waals surface area contributed by atoms with Gasteiger partial charge in [-0.3, -0.25) is 4.79 Å². The van der Waals surface area contributed by atoms with Gasteiger partial charge in [-0.25, -0.2) is 9.18 Å². The van der Waals surface area contributed by atoms with Crippen LogP contribution in [0.5, 0.6) is 0 Å². The van der Waals surface area contributed by atoms with Crippen LogP contribution < -0.4 is 16.0 Å². The highest BCUT2D eigenvalue weighted by atomic mass is 19.1. The van der Waals surface area contributed by atoms with E-state index < -0.39 is 17.8 Å². The van der Waals surface area contributed by atoms with Crippen molar-refractivity contribution in [2.24, 2.45) is 0 Å². The average Bonchev–Trinajstić information content (AvgIpc) is 2.85. The number of hydrogen-bond acceptors (Lipinski definition) is 4. The molecule has 3 amide bonds. The van der Waals surface area contributed by atoms with Crippen molar-refractivity contribution in [3.05, 3.63) is 47.1 Å². The van der Waals surface area contributed by atoms with E-state index in [9.17, 15) is 14.0 Å². The van der Waals surface area contributed by atoms with Gasteiger partial charge in [0, 0.05) is 17.3 Å². The van der Waals surface area contributed by atoms with E-state index in [1.807, 2.05) is 20.8 Å². The zero-order chi connectivity index (χ0) is 18.4. The Bertz CT molecular complexity index is 741. The molecule has 0 spiro atoms. The summed E-state index contributed by atoms with van der Waals surface area (Å²) in [6, 6.07) is 4.90. The number of carbonyl (C=O) groups is 2. The van der Waals surface area contributed by atoms with E-state index >= 15 is 0 Å². The second kappa shape index (κ2) is 8.27. The number of rotatable bonds is 6. The van der Waals surface area contributed by atoms with E-state index in [1.165, 1.54) is 18.2 Å². The van der Waals surface area contributed by atoms with Gasteiger partial charge in [-0.1, -0.05) is 11.2 Å². The van der Waals surface area contributed by atoms with Crippen LogP contribution in [0.25, 0.3) is 0 Å². The third-order valence-electron chi connectivity index (χ3n) is 3.59. The predicted octanol–water partition coefficient (Wildman–Crippen LogP) is 2.30. The highest BCUT2D eigenvalue weighted by molar-refractivity contribution is 5.94. The van der Waals surface area contributed by atoms with Crippen LogP contribution in [-0.2, 0) is 11.2 Å². The minimum atomic E-state index is -0.464. The molecule has 0 aliphatic carbocycles. The SMILES string of the molecule is Cc1noc(C)c1C[C@H](C)NC(=O)NCC(=O)Nc1cccc(F)c1. The molecule has 0 bridgehead atoms. The number of halogens is 1. The number of urea groups is 1. The fraction of sp³-hybridized carbons (Fsp3) is 0.353. The maximum Gasteiger partial charge on any atom is 0.315 e. The third kappa shape index (κ3) is 5.59. The van der Waals surface area contributed by atoms with E-state index in [0.717, 1.165) is 17.0 Å². The second-order valence-corrected chi connectivity index (χ2v) is 5.79. The van der Waals surface area contributed by atoms with Crippen LogP contribution in [0.1, 0.15) is 23.9 Å². The molecule has 3 N–H and O–H groups in total. The molecule has 25 heavy (non-hydrogen) atoms. The van der Waals surface area contributed by atoms with Gasteiger partial charge in [0.1, 0.15) is 11.6 Å². The molecule has 134 valence electrons. The zero-order valence-corrected chi connectivity index (χ0v) is 14.4. The summed E-state index contributed by atoms with van der Waals surface area (Å²) in [6.07, 6.45) is 0.573. The van der Waals surface area contributed by atoms with Crippen molar-refractivity contribution in [3.63, 3.8) is 0 Å². The topological polar surface area (TPSA) is 96.3 Å². The smallest absolute Gasteiger partial charge is 0.315 e. The Kier molecular flexibility index (Phi) is 6.10. The molecule has 0 saturated heterocycles. The number of amides is 3. The van der Waals surface area contributed by atoms with Gasteiger partial charge >= 0.3 is 6.03 Å². The van der Waals surface area contributed by atoms with Gasteiger partial charge in [-0.2, -0.15) is 0 Å². The van der Waals surface area contributed by atoms with Crippen LogP contribution in [0.4, 0.5) is 14.9 Å². The number of hydrogen-bond donors (Lipinski definition) is 3. The van der Waals surface area contributed by atoms with Gasteiger partial charge in [0.15, 0.2) is 0 Å². The Balaban J connectivity index is 1.75. The van der Waals surface area contributed by atoms with Crippen molar-refractivity contribution < 1.29 is 18.5 Å². The lowest BCUT2D eigenvalue weighted by atomic mass is 10.1. The molecule has 2 aromatic rings. The van der Waals surface area contributed by atoms with Crippen molar-refractivity contribution in [3.8, 4) is 0 Å². The highest BCUT2D eigenvalue weighted by Crippen LogP contribution is 2.14. The molecular formula is C17H21FN4O3. The van der Waals surface area contributed by atoms with Gasteiger partial charge in [-0.05, 0) is 45.4 Å². The summed E-state index contributed by atoms with van der Waals surface area (Å²) in [6.45, 7) is 5.28. The van der Waals surface area contributed by atoms with E-state index in [0.29, 0.717) is 12.1 Å². The number of nitrogens with zero attached hydrogens (tertiary/aromatic N) is 1. The van der Waals surface area contributed by atoms with E-state index in [2.05, 4.69) is 21.1 Å². The maximum absolute atomic E-state index is 13.0. The molecule has 1 aromatic heterocycles. The van der Waals surface area contributed by atoms with Crippen molar-refractivity contribution in [1.29, 1.82) is 0 Å². The summed E-state index contributed by atoms with van der Waals surface area (Å²) >= 11 is 0. The molecule has 1 heterocycles. The summed E-state index contributed by atoms with van der Waals surface area (Å²) in [4.78, 5) is 23.6. The Labute approximate surface area is 145 Å². The first-order valence-corrected chi connectivity index (χ1v) is 7.86. The zero-order valence-electron chi connectivity index (χ0n) is 14.4. The van der Waals surface area contributed by atoms with Crippen LogP contribution in [0, 0.1) is 19.7 Å². The third-order valence-corrected chi connectivity index (χ3v) is 3.59. The summed E-state index contributed by atoms with van der Waals surface area (Å²) in [5.74, 6) is -0.170. The molecule has 8 heteroatoms. The van der Waals surface area contributed by atoms with Gasteiger partial charge < -0.3 is 20.5 Å². The lowest BCUT2D eigenvalue weighted by Crippen LogP contribution is -2.44. The Morgan fingerprint density at radius 1 is 1.32 bits per heavy atom. The number of carbonyl (C=O) groups excluding carboxylic acids is 2. The summed E-state index contributed by atoms with van der Waals surface area (Å²) in [5, 5.41) is 11.6. The fourth-order valence-corrected chi connectivity index (χ4v) is 2.36. The van der Waals surface area contributed by atoms with Gasteiger partial charge in [0.25, 0.3) is 0 Å². The Hall–Kier alpha value is -2.90. The summed E-state index contributed by atoms with van der Waals surface area (Å²) in [5.41, 5.74) is 2.08. The molecule has 0 fully saturated rings. The molecule has 0 radical (unpaired) electrons. The van der Waals surface area contributed by atoms with Crippen molar-refractivity contribution >= 4 is 17.6 Å². The lowest BCUT2D eigenvalue weighted by molar-refractivity contribution is -0.115. The van der Waals surface area contributed by atoms with Crippen LogP contribution in [0.3, 0.4) is 0 Å². The number of aromatic nitrogens is 1. The summed E-state index contributed by atoms with van der Waals surface area (Å²) in [7, 11) is 0. The van der Waals surface area contributed by atoms with Crippen LogP contribution in [0.2, 0.25) is 0 Å². The highest BCUT2D eigenvalue weighted by Gasteiger charge is 2.15. The standard InChI is InChI=1S/C17H21FN4O3/c1-10(7-15-11(2)22-25-12(15)3)20-17(24)19-9-16(23)21-14-6-4-5-13(18)8-14/h4-6,8,10H,7,9H2,1-3H3,(H,21,23)(H2,19,20,24)/t10-/m0/s1. The van der Waals surface area contributed by atoms with Crippen molar-refractivity contribution in [2.75, 3.05) is 11.9 Å². The molecular weight excluding hydrogens is 327 g/mol. The van der Waals surface area contributed by atoms with E-state index in [4.69, 9.17) is 4.52 Å². The lowest BCUT2D eigenvalue weighted by Gasteiger charge is -2.14. The van der Waals surface area contributed by atoms with Crippen LogP contribution in [0.15, 0.2) is 28.8 Å². The van der Waals surface area contributed by atoms with Crippen LogP contribution in [-0.4, -0.2) is 29.7 Å². The van der Waals surface area contributed by atoms with Gasteiger partial charge in [0.05, 0.1) is 12.2 Å². The first-order valence-electron chi connectivity index (χ1n) is 7.86. The quantitative estimate of drug-likeness (QED) is 0.746. The number of benzene rings is 1. The van der Waals surface area contributed by atoms with Crippen molar-refractivity contribution in [2.45, 2.75) is 33.2 Å². The normalized spacial score (nSPS) is 11.7. The van der Waals surface area contributed by atoms with E-state index in [-0.39, 0.29) is 12.6 Å². The first kappa shape index (κ1) is 18.4. The molecule has 2 rings (SSSR count). The summed E-state index contributed by atoms with van der Waals surface area (Å²) < 4.78 is 18.1. The molecule has 0 unspecified atom stereocenters. The molecule has 7 nitrogen and oxygen atoms in total. The minimum absolute atomic E-state index is 0.164. The van der Waals surface area contributed by atoms with E-state index in [1.54, 1.807) is 6.07 Å². The van der Waals surface area contributed by atoms with Gasteiger partial charge in [0.2, 0.25) is 5.91 Å². The molecule has 1 aromatic carbocycles. The Morgan fingerprint density at radius 2 is 2.08 bits per heavy atom. The predicted molar refractivity (Wildman–Crippen MR) is 90.7 cm³/mol. The Morgan fingerprint density at radius 3 is 2.72 bits per heavy atom. The minimum Gasteiger partial charge on any atom is -0.361 e. The second-order valence-electron chi connectivity index (χ2n) is 5.79. The van der Waals surface area contributed by atoms with Gasteiger partial charge in [-0.15, -0.1) is 0 Å². The molecule has 0 aliphatic rings. The number of nitrogens with one attached hydrogen (secondary N) is 3.